The van der Waals surface area contributed by atoms with Crippen LogP contribution in [0.1, 0.15) is 23.6 Å². The zero-order valence-corrected chi connectivity index (χ0v) is 13.7. The molecule has 0 saturated heterocycles. The molecule has 0 saturated carbocycles. The first-order valence-electron chi connectivity index (χ1n) is 7.66. The largest absolute Gasteiger partial charge is 0.464 e. The zero-order valence-electron chi connectivity index (χ0n) is 13.7. The van der Waals surface area contributed by atoms with E-state index in [4.69, 9.17) is 4.74 Å². The topological polar surface area (TPSA) is 38.3 Å². The number of carbonyl (C=O) groups excluding carboxylic acids is 1. The van der Waals surface area contributed by atoms with Crippen LogP contribution in [0, 0.1) is 25.7 Å². The minimum Gasteiger partial charge on any atom is -0.464 e. The van der Waals surface area contributed by atoms with Crippen molar-refractivity contribution >= 4 is 11.7 Å². The van der Waals surface area contributed by atoms with Gasteiger partial charge in [-0.2, -0.15) is 0 Å². The van der Waals surface area contributed by atoms with Crippen LogP contribution in [-0.2, 0) is 9.53 Å². The molecule has 2 aromatic carbocycles. The maximum absolute atomic E-state index is 12.1. The number of anilines is 1. The summed E-state index contributed by atoms with van der Waals surface area (Å²) in [6.45, 7) is 6.15. The number of aryl methyl sites for hydroxylation is 2. The number of hydrogen-bond acceptors (Lipinski definition) is 3. The molecule has 118 valence electrons. The summed E-state index contributed by atoms with van der Waals surface area (Å²) in [6, 6.07) is 15.0. The van der Waals surface area contributed by atoms with Gasteiger partial charge in [0.1, 0.15) is 0 Å². The molecule has 0 amide bonds. The van der Waals surface area contributed by atoms with E-state index in [0.29, 0.717) is 6.61 Å². The van der Waals surface area contributed by atoms with E-state index in [9.17, 15) is 4.79 Å². The van der Waals surface area contributed by atoms with Gasteiger partial charge < -0.3 is 10.1 Å². The SMILES string of the molecule is CCOC(=O)[C@@H](C#Cc1cccc(C)c1)Nc1ccc(C)cc1. The predicted octanol–water partition coefficient (Wildman–Crippen LogP) is 3.70. The first kappa shape index (κ1) is 16.6. The lowest BCUT2D eigenvalue weighted by molar-refractivity contribution is -0.142. The fourth-order valence-electron chi connectivity index (χ4n) is 2.07. The Morgan fingerprint density at radius 2 is 1.87 bits per heavy atom. The van der Waals surface area contributed by atoms with Crippen molar-refractivity contribution in [3.8, 4) is 11.8 Å². The molecule has 0 radical (unpaired) electrons. The predicted molar refractivity (Wildman–Crippen MR) is 93.3 cm³/mol. The van der Waals surface area contributed by atoms with Crippen molar-refractivity contribution in [3.63, 3.8) is 0 Å². The molecule has 2 rings (SSSR count). The molecule has 23 heavy (non-hydrogen) atoms. The zero-order chi connectivity index (χ0) is 16.7. The molecule has 0 aliphatic carbocycles. The van der Waals surface area contributed by atoms with Gasteiger partial charge in [0.2, 0.25) is 0 Å². The van der Waals surface area contributed by atoms with Gasteiger partial charge in [-0.25, -0.2) is 4.79 Å². The van der Waals surface area contributed by atoms with Crippen LogP contribution in [0.25, 0.3) is 0 Å². The number of esters is 1. The Morgan fingerprint density at radius 1 is 1.13 bits per heavy atom. The fourth-order valence-corrected chi connectivity index (χ4v) is 2.07. The van der Waals surface area contributed by atoms with E-state index in [2.05, 4.69) is 17.2 Å². The third kappa shape index (κ3) is 5.19. The second kappa shape index (κ2) is 8.05. The van der Waals surface area contributed by atoms with Gasteiger partial charge in [-0.05, 0) is 50.6 Å². The highest BCUT2D eigenvalue weighted by molar-refractivity contribution is 5.83. The van der Waals surface area contributed by atoms with E-state index in [0.717, 1.165) is 22.4 Å². The lowest BCUT2D eigenvalue weighted by Gasteiger charge is -2.13. The summed E-state index contributed by atoms with van der Waals surface area (Å²) >= 11 is 0. The number of carbonyl (C=O) groups is 1. The summed E-state index contributed by atoms with van der Waals surface area (Å²) in [5, 5.41) is 3.13. The summed E-state index contributed by atoms with van der Waals surface area (Å²) in [7, 11) is 0. The smallest absolute Gasteiger partial charge is 0.341 e. The van der Waals surface area contributed by atoms with Gasteiger partial charge in [-0.3, -0.25) is 0 Å². The third-order valence-corrected chi connectivity index (χ3v) is 3.26. The molecule has 0 heterocycles. The van der Waals surface area contributed by atoms with Crippen molar-refractivity contribution in [1.29, 1.82) is 0 Å². The Morgan fingerprint density at radius 3 is 2.52 bits per heavy atom. The Bertz CT molecular complexity index is 723. The Hall–Kier alpha value is -2.73. The molecule has 0 bridgehead atoms. The van der Waals surface area contributed by atoms with Crippen LogP contribution in [0.3, 0.4) is 0 Å². The molecule has 0 aromatic heterocycles. The second-order valence-electron chi connectivity index (χ2n) is 5.33. The standard InChI is InChI=1S/C20H21NO2/c1-4-23-20(22)19(21-18-11-8-15(2)9-12-18)13-10-17-7-5-6-16(3)14-17/h5-9,11-12,14,19,21H,4H2,1-3H3/t19-/m1/s1. The Balaban J connectivity index is 2.21. The highest BCUT2D eigenvalue weighted by atomic mass is 16.5. The molecule has 0 unspecified atom stereocenters. The summed E-state index contributed by atoms with van der Waals surface area (Å²) in [5.41, 5.74) is 4.02. The van der Waals surface area contributed by atoms with Crippen LogP contribution in [-0.4, -0.2) is 18.6 Å². The van der Waals surface area contributed by atoms with Crippen molar-refractivity contribution in [1.82, 2.24) is 0 Å². The number of nitrogens with one attached hydrogen (secondary N) is 1. The van der Waals surface area contributed by atoms with Gasteiger partial charge in [-0.1, -0.05) is 41.7 Å². The van der Waals surface area contributed by atoms with Gasteiger partial charge in [0, 0.05) is 11.3 Å². The second-order valence-corrected chi connectivity index (χ2v) is 5.33. The highest BCUT2D eigenvalue weighted by Crippen LogP contribution is 2.11. The van der Waals surface area contributed by atoms with Gasteiger partial charge in [0.15, 0.2) is 6.04 Å². The summed E-state index contributed by atoms with van der Waals surface area (Å²) in [4.78, 5) is 12.1. The van der Waals surface area contributed by atoms with E-state index in [1.807, 2.05) is 62.4 Å². The number of hydrogen-bond donors (Lipinski definition) is 1. The quantitative estimate of drug-likeness (QED) is 0.691. The lowest BCUT2D eigenvalue weighted by Crippen LogP contribution is -2.30. The first-order chi connectivity index (χ1) is 11.1. The normalized spacial score (nSPS) is 11.1. The molecular weight excluding hydrogens is 286 g/mol. The third-order valence-electron chi connectivity index (χ3n) is 3.26. The molecule has 3 heteroatoms. The van der Waals surface area contributed by atoms with Crippen molar-refractivity contribution in [3.05, 3.63) is 65.2 Å². The number of rotatable bonds is 4. The minimum atomic E-state index is -0.696. The van der Waals surface area contributed by atoms with E-state index in [-0.39, 0.29) is 5.97 Å². The summed E-state index contributed by atoms with van der Waals surface area (Å²) < 4.78 is 5.11. The van der Waals surface area contributed by atoms with Gasteiger partial charge in [0.05, 0.1) is 6.61 Å². The van der Waals surface area contributed by atoms with Crippen LogP contribution < -0.4 is 5.32 Å². The number of ether oxygens (including phenoxy) is 1. The minimum absolute atomic E-state index is 0.330. The maximum atomic E-state index is 12.1. The van der Waals surface area contributed by atoms with Crippen LogP contribution in [0.2, 0.25) is 0 Å². The van der Waals surface area contributed by atoms with Gasteiger partial charge >= 0.3 is 5.97 Å². The molecule has 1 N–H and O–H groups in total. The fraction of sp³-hybridized carbons (Fsp3) is 0.250. The first-order valence-corrected chi connectivity index (χ1v) is 7.66. The van der Waals surface area contributed by atoms with E-state index >= 15 is 0 Å². The summed E-state index contributed by atoms with van der Waals surface area (Å²) in [5.74, 6) is 5.65. The summed E-state index contributed by atoms with van der Waals surface area (Å²) in [6.07, 6.45) is 0. The van der Waals surface area contributed by atoms with Crippen molar-refractivity contribution < 1.29 is 9.53 Å². The average Bonchev–Trinajstić information content (AvgIpc) is 2.53. The molecule has 0 spiro atoms. The van der Waals surface area contributed by atoms with Crippen LogP contribution >= 0.6 is 0 Å². The van der Waals surface area contributed by atoms with Gasteiger partial charge in [-0.15, -0.1) is 0 Å². The lowest BCUT2D eigenvalue weighted by atomic mass is 10.1. The molecule has 2 aromatic rings. The van der Waals surface area contributed by atoms with Crippen molar-refractivity contribution in [2.24, 2.45) is 0 Å². The number of benzene rings is 2. The average molecular weight is 307 g/mol. The Labute approximate surface area is 137 Å². The molecular formula is C20H21NO2. The van der Waals surface area contributed by atoms with E-state index in [1.54, 1.807) is 6.92 Å². The molecule has 1 atom stereocenters. The van der Waals surface area contributed by atoms with Crippen LogP contribution in [0.5, 0.6) is 0 Å². The van der Waals surface area contributed by atoms with E-state index < -0.39 is 6.04 Å². The van der Waals surface area contributed by atoms with Crippen molar-refractivity contribution in [2.45, 2.75) is 26.8 Å². The Kier molecular flexibility index (Phi) is 5.82. The molecule has 0 fully saturated rings. The van der Waals surface area contributed by atoms with E-state index in [1.165, 1.54) is 0 Å². The van der Waals surface area contributed by atoms with Crippen molar-refractivity contribution in [2.75, 3.05) is 11.9 Å². The molecule has 0 aliphatic heterocycles. The van der Waals surface area contributed by atoms with Crippen LogP contribution in [0.4, 0.5) is 5.69 Å². The molecule has 3 nitrogen and oxygen atoms in total. The highest BCUT2D eigenvalue weighted by Gasteiger charge is 2.16. The molecule has 0 aliphatic rings. The van der Waals surface area contributed by atoms with Gasteiger partial charge in [0.25, 0.3) is 0 Å². The maximum Gasteiger partial charge on any atom is 0.341 e. The monoisotopic (exact) mass is 307 g/mol. The van der Waals surface area contributed by atoms with Crippen LogP contribution in [0.15, 0.2) is 48.5 Å².